The van der Waals surface area contributed by atoms with Crippen LogP contribution in [0.15, 0.2) is 42.7 Å². The van der Waals surface area contributed by atoms with Crippen LogP contribution in [0.3, 0.4) is 0 Å². The number of carboxylic acid groups (broad SMARTS) is 1. The topological polar surface area (TPSA) is 71.9 Å². The molecule has 26 heavy (non-hydrogen) atoms. The van der Waals surface area contributed by atoms with Gasteiger partial charge in [0.2, 0.25) is 0 Å². The molecule has 0 radical (unpaired) electrons. The van der Waals surface area contributed by atoms with Gasteiger partial charge in [-0.1, -0.05) is 6.07 Å². The number of pyridine rings is 1. The summed E-state index contributed by atoms with van der Waals surface area (Å²) in [5, 5.41) is 9.64. The molecular weight excluding hydrogens is 332 g/mol. The van der Waals surface area contributed by atoms with Crippen LogP contribution in [0.4, 0.5) is 0 Å². The third-order valence-corrected chi connectivity index (χ3v) is 4.90. The maximum Gasteiger partial charge on any atom is 0.308 e. The van der Waals surface area contributed by atoms with Crippen LogP contribution in [0.1, 0.15) is 22.6 Å². The molecule has 1 saturated heterocycles. The van der Waals surface area contributed by atoms with E-state index in [1.165, 1.54) is 0 Å². The van der Waals surface area contributed by atoms with Gasteiger partial charge in [0, 0.05) is 50.6 Å². The van der Waals surface area contributed by atoms with Gasteiger partial charge in [-0.2, -0.15) is 0 Å². The standard InChI is InChI=1S/C20H24N2O4/c1-25-13-16-9-14(3-4-19(16)26-2)10-22-11-17(18(12-22)20(23)24)15-5-7-21-8-6-15/h3-9,17-18H,10-13H2,1-2H3,(H,23,24)/t17-,18+/m1/s1. The number of nitrogens with zero attached hydrogens (tertiary/aromatic N) is 2. The predicted molar refractivity (Wildman–Crippen MR) is 97.1 cm³/mol. The van der Waals surface area contributed by atoms with E-state index in [0.29, 0.717) is 26.2 Å². The smallest absolute Gasteiger partial charge is 0.308 e. The van der Waals surface area contributed by atoms with Gasteiger partial charge < -0.3 is 14.6 Å². The molecule has 3 rings (SSSR count). The van der Waals surface area contributed by atoms with Gasteiger partial charge in [-0.15, -0.1) is 0 Å². The number of hydrogen-bond donors (Lipinski definition) is 1. The molecule has 138 valence electrons. The third kappa shape index (κ3) is 4.03. The van der Waals surface area contributed by atoms with Crippen molar-refractivity contribution in [2.24, 2.45) is 5.92 Å². The Bertz CT molecular complexity index is 751. The Hall–Kier alpha value is -2.44. The van der Waals surface area contributed by atoms with Crippen LogP contribution in [0.25, 0.3) is 0 Å². The van der Waals surface area contributed by atoms with Crippen molar-refractivity contribution in [2.75, 3.05) is 27.3 Å². The lowest BCUT2D eigenvalue weighted by molar-refractivity contribution is -0.141. The molecular formula is C20H24N2O4. The molecule has 2 atom stereocenters. The summed E-state index contributed by atoms with van der Waals surface area (Å²) in [5.74, 6) is -0.375. The van der Waals surface area contributed by atoms with Gasteiger partial charge in [0.05, 0.1) is 19.6 Å². The minimum Gasteiger partial charge on any atom is -0.496 e. The Kier molecular flexibility index (Phi) is 5.85. The van der Waals surface area contributed by atoms with E-state index in [4.69, 9.17) is 9.47 Å². The van der Waals surface area contributed by atoms with Crippen molar-refractivity contribution in [3.63, 3.8) is 0 Å². The summed E-state index contributed by atoms with van der Waals surface area (Å²) in [7, 11) is 3.30. The Balaban J connectivity index is 1.76. The van der Waals surface area contributed by atoms with Crippen molar-refractivity contribution in [3.05, 3.63) is 59.4 Å². The van der Waals surface area contributed by atoms with Crippen molar-refractivity contribution in [1.29, 1.82) is 0 Å². The normalized spacial score (nSPS) is 20.2. The van der Waals surface area contributed by atoms with Crippen molar-refractivity contribution in [1.82, 2.24) is 9.88 Å². The fourth-order valence-electron chi connectivity index (χ4n) is 3.67. The summed E-state index contributed by atoms with van der Waals surface area (Å²) < 4.78 is 10.6. The molecule has 1 aromatic carbocycles. The summed E-state index contributed by atoms with van der Waals surface area (Å²) in [6.45, 7) is 2.43. The molecule has 1 fully saturated rings. The van der Waals surface area contributed by atoms with Gasteiger partial charge in [0.15, 0.2) is 0 Å². The molecule has 0 unspecified atom stereocenters. The summed E-state index contributed by atoms with van der Waals surface area (Å²) in [6.07, 6.45) is 3.44. The van der Waals surface area contributed by atoms with Gasteiger partial charge in [-0.25, -0.2) is 0 Å². The van der Waals surface area contributed by atoms with Gasteiger partial charge in [0.1, 0.15) is 5.75 Å². The summed E-state index contributed by atoms with van der Waals surface area (Å²) >= 11 is 0. The number of carbonyl (C=O) groups is 1. The van der Waals surface area contributed by atoms with E-state index >= 15 is 0 Å². The fraction of sp³-hybridized carbons (Fsp3) is 0.400. The highest BCUT2D eigenvalue weighted by atomic mass is 16.5. The second kappa shape index (κ2) is 8.29. The van der Waals surface area contributed by atoms with E-state index in [9.17, 15) is 9.90 Å². The lowest BCUT2D eigenvalue weighted by atomic mass is 9.90. The van der Waals surface area contributed by atoms with Gasteiger partial charge in [-0.3, -0.25) is 14.7 Å². The first-order chi connectivity index (χ1) is 12.6. The fourth-order valence-corrected chi connectivity index (χ4v) is 3.67. The van der Waals surface area contributed by atoms with Crippen LogP contribution in [0.2, 0.25) is 0 Å². The van der Waals surface area contributed by atoms with Crippen molar-refractivity contribution >= 4 is 5.97 Å². The maximum absolute atomic E-state index is 11.7. The number of benzene rings is 1. The minimum atomic E-state index is -0.746. The Morgan fingerprint density at radius 2 is 2.00 bits per heavy atom. The molecule has 0 bridgehead atoms. The SMILES string of the molecule is COCc1cc(CN2C[C@H](C(=O)O)[C@@H](c3ccncc3)C2)ccc1OC. The lowest BCUT2D eigenvalue weighted by Gasteiger charge is -2.17. The highest BCUT2D eigenvalue weighted by molar-refractivity contribution is 5.72. The zero-order chi connectivity index (χ0) is 18.5. The molecule has 0 saturated carbocycles. The second-order valence-electron chi connectivity index (χ2n) is 6.61. The molecule has 1 aliphatic heterocycles. The Labute approximate surface area is 153 Å². The predicted octanol–water partition coefficient (Wildman–Crippen LogP) is 2.54. The van der Waals surface area contributed by atoms with Crippen molar-refractivity contribution < 1.29 is 19.4 Å². The first-order valence-corrected chi connectivity index (χ1v) is 8.62. The summed E-state index contributed by atoms with van der Waals surface area (Å²) in [5.41, 5.74) is 3.15. The third-order valence-electron chi connectivity index (χ3n) is 4.90. The van der Waals surface area contributed by atoms with Crippen LogP contribution < -0.4 is 4.74 Å². The van der Waals surface area contributed by atoms with E-state index in [1.54, 1.807) is 26.6 Å². The van der Waals surface area contributed by atoms with Gasteiger partial charge >= 0.3 is 5.97 Å². The molecule has 0 amide bonds. The summed E-state index contributed by atoms with van der Waals surface area (Å²) in [6, 6.07) is 9.85. The van der Waals surface area contributed by atoms with Crippen LogP contribution in [0.5, 0.6) is 5.75 Å². The molecule has 6 heteroatoms. The quantitative estimate of drug-likeness (QED) is 0.822. The number of aliphatic carboxylic acids is 1. The monoisotopic (exact) mass is 356 g/mol. The molecule has 1 aromatic heterocycles. The average molecular weight is 356 g/mol. The van der Waals surface area contributed by atoms with E-state index < -0.39 is 11.9 Å². The largest absolute Gasteiger partial charge is 0.496 e. The highest BCUT2D eigenvalue weighted by Gasteiger charge is 2.38. The molecule has 2 aromatic rings. The van der Waals surface area contributed by atoms with Crippen LogP contribution >= 0.6 is 0 Å². The van der Waals surface area contributed by atoms with E-state index in [-0.39, 0.29) is 5.92 Å². The van der Waals surface area contributed by atoms with E-state index in [1.807, 2.05) is 24.3 Å². The van der Waals surface area contributed by atoms with Crippen LogP contribution in [-0.4, -0.2) is 48.3 Å². The van der Waals surface area contributed by atoms with Crippen molar-refractivity contribution in [2.45, 2.75) is 19.1 Å². The highest BCUT2D eigenvalue weighted by Crippen LogP contribution is 2.34. The van der Waals surface area contributed by atoms with E-state index in [0.717, 1.165) is 22.4 Å². The van der Waals surface area contributed by atoms with Crippen molar-refractivity contribution in [3.8, 4) is 5.75 Å². The molecule has 1 aliphatic rings. The number of rotatable bonds is 7. The Morgan fingerprint density at radius 3 is 2.65 bits per heavy atom. The first kappa shape index (κ1) is 18.4. The maximum atomic E-state index is 11.7. The zero-order valence-electron chi connectivity index (χ0n) is 15.1. The number of methoxy groups -OCH3 is 2. The first-order valence-electron chi connectivity index (χ1n) is 8.62. The van der Waals surface area contributed by atoms with Gasteiger partial charge in [-0.05, 0) is 35.4 Å². The number of hydrogen-bond acceptors (Lipinski definition) is 5. The zero-order valence-corrected chi connectivity index (χ0v) is 15.1. The Morgan fingerprint density at radius 1 is 1.23 bits per heavy atom. The molecule has 1 N–H and O–H groups in total. The lowest BCUT2D eigenvalue weighted by Crippen LogP contribution is -2.23. The number of aromatic nitrogens is 1. The number of carboxylic acids is 1. The van der Waals surface area contributed by atoms with E-state index in [2.05, 4.69) is 16.0 Å². The van der Waals surface area contributed by atoms with Crippen LogP contribution in [-0.2, 0) is 22.7 Å². The van der Waals surface area contributed by atoms with Gasteiger partial charge in [0.25, 0.3) is 0 Å². The number of likely N-dealkylation sites (tertiary alicyclic amines) is 1. The molecule has 0 aliphatic carbocycles. The average Bonchev–Trinajstić information content (AvgIpc) is 3.07. The molecule has 6 nitrogen and oxygen atoms in total. The second-order valence-corrected chi connectivity index (χ2v) is 6.61. The van der Waals surface area contributed by atoms with Crippen LogP contribution in [0, 0.1) is 5.92 Å². The molecule has 2 heterocycles. The number of ether oxygens (including phenoxy) is 2. The summed E-state index contributed by atoms with van der Waals surface area (Å²) in [4.78, 5) is 18.0. The molecule has 0 spiro atoms. The minimum absolute atomic E-state index is 0.0211.